The quantitative estimate of drug-likeness (QED) is 0.518. The van der Waals surface area contributed by atoms with E-state index < -0.39 is 0 Å². The van der Waals surface area contributed by atoms with Gasteiger partial charge in [0.15, 0.2) is 11.5 Å². The van der Waals surface area contributed by atoms with E-state index in [0.717, 1.165) is 39.6 Å². The highest BCUT2D eigenvalue weighted by atomic mass is 16.7. The van der Waals surface area contributed by atoms with Gasteiger partial charge in [-0.25, -0.2) is 9.97 Å². The zero-order valence-corrected chi connectivity index (χ0v) is 16.1. The van der Waals surface area contributed by atoms with Crippen LogP contribution in [0, 0.1) is 0 Å². The van der Waals surface area contributed by atoms with Gasteiger partial charge in [-0.15, -0.1) is 0 Å². The van der Waals surface area contributed by atoms with E-state index in [1.54, 1.807) is 0 Å². The molecule has 1 N–H and O–H groups in total. The van der Waals surface area contributed by atoms with E-state index in [1.807, 2.05) is 60.7 Å². The van der Waals surface area contributed by atoms with Crippen molar-refractivity contribution in [3.05, 3.63) is 89.7 Å². The fourth-order valence-electron chi connectivity index (χ4n) is 3.55. The molecule has 4 aromatic rings. The summed E-state index contributed by atoms with van der Waals surface area (Å²) >= 11 is 0. The van der Waals surface area contributed by atoms with Gasteiger partial charge in [0, 0.05) is 17.8 Å². The SMILES string of the molecule is CC(c1ccccc1)c1nc(NCc2ccc3c(c2)OCO3)c2ccccc2n1. The van der Waals surface area contributed by atoms with Crippen LogP contribution in [0.2, 0.25) is 0 Å². The van der Waals surface area contributed by atoms with Crippen molar-refractivity contribution in [3.8, 4) is 11.5 Å². The van der Waals surface area contributed by atoms with Gasteiger partial charge in [0.2, 0.25) is 6.79 Å². The molecular formula is C24H21N3O2. The topological polar surface area (TPSA) is 56.3 Å². The van der Waals surface area contributed by atoms with Crippen LogP contribution >= 0.6 is 0 Å². The number of aromatic nitrogens is 2. The number of fused-ring (bicyclic) bond motifs is 2. The zero-order valence-electron chi connectivity index (χ0n) is 16.1. The van der Waals surface area contributed by atoms with Crippen LogP contribution in [0.15, 0.2) is 72.8 Å². The van der Waals surface area contributed by atoms with Crippen molar-refractivity contribution >= 4 is 16.7 Å². The third-order valence-electron chi connectivity index (χ3n) is 5.20. The number of anilines is 1. The summed E-state index contributed by atoms with van der Waals surface area (Å²) < 4.78 is 10.9. The van der Waals surface area contributed by atoms with Crippen LogP contribution in [0.1, 0.15) is 29.8 Å². The third kappa shape index (κ3) is 3.47. The van der Waals surface area contributed by atoms with Crippen LogP contribution in [-0.2, 0) is 6.54 Å². The molecule has 144 valence electrons. The summed E-state index contributed by atoms with van der Waals surface area (Å²) in [4.78, 5) is 9.71. The van der Waals surface area contributed by atoms with E-state index in [0.29, 0.717) is 6.54 Å². The molecule has 5 heteroatoms. The van der Waals surface area contributed by atoms with Crippen LogP contribution in [0.25, 0.3) is 10.9 Å². The minimum atomic E-state index is 0.104. The Balaban J connectivity index is 1.47. The maximum Gasteiger partial charge on any atom is 0.231 e. The Morgan fingerprint density at radius 3 is 2.59 bits per heavy atom. The Hall–Kier alpha value is -3.60. The number of para-hydroxylation sites is 1. The molecule has 5 nitrogen and oxygen atoms in total. The first kappa shape index (κ1) is 17.5. The molecule has 0 fully saturated rings. The van der Waals surface area contributed by atoms with E-state index >= 15 is 0 Å². The molecule has 0 radical (unpaired) electrons. The van der Waals surface area contributed by atoms with E-state index in [9.17, 15) is 0 Å². The summed E-state index contributed by atoms with van der Waals surface area (Å²) in [7, 11) is 0. The molecule has 0 bridgehead atoms. The Bertz CT molecular complexity index is 1160. The molecule has 1 aliphatic rings. The number of nitrogens with one attached hydrogen (secondary N) is 1. The average Bonchev–Trinajstić information content (AvgIpc) is 3.25. The molecule has 0 amide bonds. The molecule has 0 saturated heterocycles. The zero-order chi connectivity index (χ0) is 19.6. The number of hydrogen-bond donors (Lipinski definition) is 1. The molecule has 1 aromatic heterocycles. The van der Waals surface area contributed by atoms with Gasteiger partial charge >= 0.3 is 0 Å². The lowest BCUT2D eigenvalue weighted by molar-refractivity contribution is 0.174. The van der Waals surface area contributed by atoms with Gasteiger partial charge in [-0.05, 0) is 35.4 Å². The first-order valence-electron chi connectivity index (χ1n) is 9.72. The van der Waals surface area contributed by atoms with Crippen molar-refractivity contribution in [3.63, 3.8) is 0 Å². The highest BCUT2D eigenvalue weighted by molar-refractivity contribution is 5.89. The highest BCUT2D eigenvalue weighted by Crippen LogP contribution is 2.33. The van der Waals surface area contributed by atoms with Crippen LogP contribution in [-0.4, -0.2) is 16.8 Å². The van der Waals surface area contributed by atoms with Gasteiger partial charge in [-0.2, -0.15) is 0 Å². The average molecular weight is 383 g/mol. The maximum atomic E-state index is 5.49. The smallest absolute Gasteiger partial charge is 0.231 e. The van der Waals surface area contributed by atoms with E-state index in [2.05, 4.69) is 24.4 Å². The summed E-state index contributed by atoms with van der Waals surface area (Å²) in [5.41, 5.74) is 3.24. The van der Waals surface area contributed by atoms with Gasteiger partial charge in [0.1, 0.15) is 11.6 Å². The maximum absolute atomic E-state index is 5.49. The van der Waals surface area contributed by atoms with E-state index in [4.69, 9.17) is 19.4 Å². The second-order valence-corrected chi connectivity index (χ2v) is 7.12. The Labute approximate surface area is 169 Å². The van der Waals surface area contributed by atoms with Gasteiger partial charge < -0.3 is 14.8 Å². The second kappa shape index (κ2) is 7.43. The largest absolute Gasteiger partial charge is 0.454 e. The predicted molar refractivity (Wildman–Crippen MR) is 113 cm³/mol. The van der Waals surface area contributed by atoms with Crippen LogP contribution < -0.4 is 14.8 Å². The van der Waals surface area contributed by atoms with Gasteiger partial charge in [-0.1, -0.05) is 55.5 Å². The first-order chi connectivity index (χ1) is 14.3. The van der Waals surface area contributed by atoms with Crippen LogP contribution in [0.3, 0.4) is 0 Å². The number of hydrogen-bond acceptors (Lipinski definition) is 5. The summed E-state index contributed by atoms with van der Waals surface area (Å²) in [6.45, 7) is 3.06. The van der Waals surface area contributed by atoms with E-state index in [1.165, 1.54) is 5.56 Å². The number of benzene rings is 3. The van der Waals surface area contributed by atoms with Crippen molar-refractivity contribution in [2.45, 2.75) is 19.4 Å². The van der Waals surface area contributed by atoms with Crippen molar-refractivity contribution < 1.29 is 9.47 Å². The van der Waals surface area contributed by atoms with Gasteiger partial charge in [-0.3, -0.25) is 0 Å². The summed E-state index contributed by atoms with van der Waals surface area (Å²) in [5.74, 6) is 3.33. The van der Waals surface area contributed by atoms with Crippen molar-refractivity contribution in [2.24, 2.45) is 0 Å². The van der Waals surface area contributed by atoms with Crippen LogP contribution in [0.5, 0.6) is 11.5 Å². The Morgan fingerprint density at radius 1 is 0.897 bits per heavy atom. The lowest BCUT2D eigenvalue weighted by Crippen LogP contribution is -2.08. The van der Waals surface area contributed by atoms with Crippen molar-refractivity contribution in [2.75, 3.05) is 12.1 Å². The molecule has 1 atom stereocenters. The lowest BCUT2D eigenvalue weighted by Gasteiger charge is -2.15. The predicted octanol–water partition coefficient (Wildman–Crippen LogP) is 5.12. The third-order valence-corrected chi connectivity index (χ3v) is 5.20. The fourth-order valence-corrected chi connectivity index (χ4v) is 3.55. The molecule has 5 rings (SSSR count). The van der Waals surface area contributed by atoms with Crippen LogP contribution in [0.4, 0.5) is 5.82 Å². The summed E-state index contributed by atoms with van der Waals surface area (Å²) in [6, 6.07) is 24.4. The minimum Gasteiger partial charge on any atom is -0.454 e. The Morgan fingerprint density at radius 2 is 1.69 bits per heavy atom. The van der Waals surface area contributed by atoms with Gasteiger partial charge in [0.25, 0.3) is 0 Å². The van der Waals surface area contributed by atoms with Crippen molar-refractivity contribution in [1.82, 2.24) is 9.97 Å². The first-order valence-corrected chi connectivity index (χ1v) is 9.72. The molecule has 2 heterocycles. The molecule has 0 spiro atoms. The summed E-state index contributed by atoms with van der Waals surface area (Å²) in [5, 5.41) is 4.51. The minimum absolute atomic E-state index is 0.104. The standard InChI is InChI=1S/C24H21N3O2/c1-16(18-7-3-2-4-8-18)23-26-20-10-6-5-9-19(20)24(27-23)25-14-17-11-12-21-22(13-17)29-15-28-21/h2-13,16H,14-15H2,1H3,(H,25,26,27). The fraction of sp³-hybridized carbons (Fsp3) is 0.167. The summed E-state index contributed by atoms with van der Waals surface area (Å²) in [6.07, 6.45) is 0. The molecule has 29 heavy (non-hydrogen) atoms. The second-order valence-electron chi connectivity index (χ2n) is 7.12. The normalized spacial score (nSPS) is 13.4. The van der Waals surface area contributed by atoms with E-state index in [-0.39, 0.29) is 12.7 Å². The van der Waals surface area contributed by atoms with Crippen molar-refractivity contribution in [1.29, 1.82) is 0 Å². The monoisotopic (exact) mass is 383 g/mol. The molecular weight excluding hydrogens is 362 g/mol. The number of ether oxygens (including phenoxy) is 2. The molecule has 3 aromatic carbocycles. The van der Waals surface area contributed by atoms with Gasteiger partial charge in [0.05, 0.1) is 5.52 Å². The highest BCUT2D eigenvalue weighted by Gasteiger charge is 2.16. The molecule has 0 saturated carbocycles. The molecule has 0 aliphatic carbocycles. The molecule has 1 unspecified atom stereocenters. The number of nitrogens with zero attached hydrogens (tertiary/aromatic N) is 2. The Kier molecular flexibility index (Phi) is 4.48. The molecule has 1 aliphatic heterocycles. The lowest BCUT2D eigenvalue weighted by atomic mass is 10.0. The number of rotatable bonds is 5.